The van der Waals surface area contributed by atoms with Crippen molar-refractivity contribution in [1.82, 2.24) is 9.88 Å². The van der Waals surface area contributed by atoms with Crippen molar-refractivity contribution < 1.29 is 18.0 Å². The summed E-state index contributed by atoms with van der Waals surface area (Å²) in [5.74, 6) is 3.63. The predicted octanol–water partition coefficient (Wildman–Crippen LogP) is 1.78. The van der Waals surface area contributed by atoms with Crippen molar-refractivity contribution in [3.63, 3.8) is 0 Å². The van der Waals surface area contributed by atoms with Gasteiger partial charge in [-0.2, -0.15) is 13.2 Å². The van der Waals surface area contributed by atoms with E-state index in [0.717, 1.165) is 0 Å². The maximum Gasteiger partial charge on any atom is 0.391 e. The molecule has 0 aliphatic carbocycles. The molecule has 1 aromatic rings. The maximum absolute atomic E-state index is 12.6. The number of anilines is 1. The lowest BCUT2D eigenvalue weighted by Gasteiger charge is -2.33. The molecular weight excluding hydrogens is 273 g/mol. The van der Waals surface area contributed by atoms with Crippen molar-refractivity contribution in [3.8, 4) is 0 Å². The van der Waals surface area contributed by atoms with Gasteiger partial charge in [-0.05, 0) is 18.9 Å². The zero-order valence-corrected chi connectivity index (χ0v) is 10.7. The van der Waals surface area contributed by atoms with Gasteiger partial charge in [-0.25, -0.2) is 0 Å². The third-order valence-electron chi connectivity index (χ3n) is 3.45. The zero-order chi connectivity index (χ0) is 14.8. The van der Waals surface area contributed by atoms with E-state index in [2.05, 4.69) is 10.4 Å². The summed E-state index contributed by atoms with van der Waals surface area (Å²) in [6, 6.07) is 1.49. The number of rotatable bonds is 2. The molecule has 1 saturated heterocycles. The first-order chi connectivity index (χ1) is 9.43. The largest absolute Gasteiger partial charge is 0.391 e. The first-order valence-corrected chi connectivity index (χ1v) is 6.20. The van der Waals surface area contributed by atoms with Crippen LogP contribution in [0.1, 0.15) is 23.2 Å². The minimum absolute atomic E-state index is 0.0638. The van der Waals surface area contributed by atoms with Crippen LogP contribution >= 0.6 is 0 Å². The second-order valence-electron chi connectivity index (χ2n) is 4.67. The van der Waals surface area contributed by atoms with Gasteiger partial charge in [0.2, 0.25) is 0 Å². The molecule has 0 aromatic carbocycles. The summed E-state index contributed by atoms with van der Waals surface area (Å²) >= 11 is 0. The fraction of sp³-hybridized carbons (Fsp3) is 0.500. The Balaban J connectivity index is 2.05. The van der Waals surface area contributed by atoms with Crippen molar-refractivity contribution >= 4 is 11.6 Å². The Morgan fingerprint density at radius 3 is 2.60 bits per heavy atom. The van der Waals surface area contributed by atoms with Gasteiger partial charge in [-0.15, -0.1) is 0 Å². The lowest BCUT2D eigenvalue weighted by atomic mass is 9.96. The Labute approximate surface area is 113 Å². The molecule has 1 aromatic heterocycles. The number of piperidine rings is 1. The molecule has 0 radical (unpaired) electrons. The number of nitrogen functional groups attached to an aromatic ring is 1. The highest BCUT2D eigenvalue weighted by Crippen LogP contribution is 2.34. The van der Waals surface area contributed by atoms with E-state index >= 15 is 0 Å². The summed E-state index contributed by atoms with van der Waals surface area (Å²) in [5, 5.41) is 0. The summed E-state index contributed by atoms with van der Waals surface area (Å²) in [6.07, 6.45) is -1.47. The number of aromatic nitrogens is 1. The molecule has 1 aliphatic heterocycles. The highest BCUT2D eigenvalue weighted by Gasteiger charge is 2.41. The van der Waals surface area contributed by atoms with Gasteiger partial charge in [0.05, 0.1) is 23.4 Å². The molecule has 0 saturated carbocycles. The Bertz CT molecular complexity index is 484. The van der Waals surface area contributed by atoms with E-state index in [-0.39, 0.29) is 31.8 Å². The van der Waals surface area contributed by atoms with Gasteiger partial charge in [0.1, 0.15) is 0 Å². The number of nitrogens with one attached hydrogen (secondary N) is 1. The van der Waals surface area contributed by atoms with Crippen molar-refractivity contribution in [2.24, 2.45) is 11.8 Å². The number of hydrogen-bond acceptors (Lipinski definition) is 4. The molecule has 0 atom stereocenters. The molecule has 0 bridgehead atoms. The monoisotopic (exact) mass is 288 g/mol. The topological polar surface area (TPSA) is 71.2 Å². The number of carbonyl (C=O) groups is 1. The van der Waals surface area contributed by atoms with Crippen LogP contribution in [0.4, 0.5) is 18.9 Å². The number of nitrogens with zero attached hydrogens (tertiary/aromatic N) is 2. The highest BCUT2D eigenvalue weighted by molar-refractivity contribution is 5.99. The van der Waals surface area contributed by atoms with Crippen molar-refractivity contribution in [2.45, 2.75) is 19.0 Å². The first kappa shape index (κ1) is 14.6. The maximum atomic E-state index is 12.6. The molecule has 3 N–H and O–H groups in total. The van der Waals surface area contributed by atoms with Crippen LogP contribution in [0.2, 0.25) is 0 Å². The Hall–Kier alpha value is -1.83. The zero-order valence-electron chi connectivity index (χ0n) is 10.7. The first-order valence-electron chi connectivity index (χ1n) is 6.20. The molecule has 20 heavy (non-hydrogen) atoms. The molecule has 5 nitrogen and oxygen atoms in total. The minimum Gasteiger partial charge on any atom is -0.339 e. The lowest BCUT2D eigenvalue weighted by Crippen LogP contribution is -2.42. The van der Waals surface area contributed by atoms with Crippen molar-refractivity contribution in [1.29, 1.82) is 0 Å². The molecular formula is C12H15F3N4O. The molecule has 1 aliphatic rings. The normalized spacial score (nSPS) is 17.1. The molecule has 0 spiro atoms. The second kappa shape index (κ2) is 5.66. The van der Waals surface area contributed by atoms with Crippen LogP contribution in [-0.4, -0.2) is 35.1 Å². The molecule has 110 valence electrons. The summed E-state index contributed by atoms with van der Waals surface area (Å²) in [6.45, 7) is 0.185. The fourth-order valence-electron chi connectivity index (χ4n) is 2.28. The quantitative estimate of drug-likeness (QED) is 0.643. The number of nitrogens with two attached hydrogens (primary N) is 1. The number of amides is 1. The smallest absolute Gasteiger partial charge is 0.339 e. The van der Waals surface area contributed by atoms with E-state index in [4.69, 9.17) is 5.84 Å². The summed E-state index contributed by atoms with van der Waals surface area (Å²) in [7, 11) is 0. The number of hydrogen-bond donors (Lipinski definition) is 2. The molecule has 2 rings (SSSR count). The number of carbonyl (C=O) groups excluding carboxylic acids is 1. The van der Waals surface area contributed by atoms with Gasteiger partial charge >= 0.3 is 6.18 Å². The van der Waals surface area contributed by atoms with Gasteiger partial charge in [-0.3, -0.25) is 15.6 Å². The molecule has 0 unspecified atom stereocenters. The SMILES string of the molecule is NNc1cnccc1C(=O)N1CCC(C(F)(F)F)CC1. The lowest BCUT2D eigenvalue weighted by molar-refractivity contribution is -0.183. The van der Waals surface area contributed by atoms with E-state index < -0.39 is 12.1 Å². The van der Waals surface area contributed by atoms with Crippen LogP contribution in [0.25, 0.3) is 0 Å². The van der Waals surface area contributed by atoms with Crippen LogP contribution in [0.5, 0.6) is 0 Å². The number of hydrazine groups is 1. The Morgan fingerprint density at radius 2 is 2.05 bits per heavy atom. The number of halogens is 3. The molecule has 8 heteroatoms. The van der Waals surface area contributed by atoms with Crippen LogP contribution in [0.3, 0.4) is 0 Å². The van der Waals surface area contributed by atoms with E-state index in [9.17, 15) is 18.0 Å². The van der Waals surface area contributed by atoms with Gasteiger partial charge in [0, 0.05) is 19.3 Å². The van der Waals surface area contributed by atoms with E-state index in [0.29, 0.717) is 11.3 Å². The summed E-state index contributed by atoms with van der Waals surface area (Å²) in [5.41, 5.74) is 3.03. The molecule has 1 fully saturated rings. The van der Waals surface area contributed by atoms with Crippen LogP contribution in [0, 0.1) is 5.92 Å². The van der Waals surface area contributed by atoms with Gasteiger partial charge in [0.25, 0.3) is 5.91 Å². The third-order valence-corrected chi connectivity index (χ3v) is 3.45. The average Bonchev–Trinajstić information content (AvgIpc) is 2.45. The highest BCUT2D eigenvalue weighted by atomic mass is 19.4. The van der Waals surface area contributed by atoms with Crippen LogP contribution < -0.4 is 11.3 Å². The Kier molecular flexibility index (Phi) is 4.12. The standard InChI is InChI=1S/C12H15F3N4O/c13-12(14,15)8-2-5-19(6-3-8)11(20)9-1-4-17-7-10(9)18-16/h1,4,7-8,18H,2-3,5-6,16H2. The van der Waals surface area contributed by atoms with Crippen LogP contribution in [0.15, 0.2) is 18.5 Å². The van der Waals surface area contributed by atoms with Gasteiger partial charge in [-0.1, -0.05) is 0 Å². The minimum atomic E-state index is -4.18. The van der Waals surface area contributed by atoms with Gasteiger partial charge in [0.15, 0.2) is 0 Å². The van der Waals surface area contributed by atoms with Crippen molar-refractivity contribution in [2.75, 3.05) is 18.5 Å². The second-order valence-corrected chi connectivity index (χ2v) is 4.67. The number of pyridine rings is 1. The van der Waals surface area contributed by atoms with E-state index in [1.807, 2.05) is 0 Å². The third kappa shape index (κ3) is 3.01. The summed E-state index contributed by atoms with van der Waals surface area (Å²) < 4.78 is 37.7. The average molecular weight is 288 g/mol. The summed E-state index contributed by atoms with van der Waals surface area (Å²) in [4.78, 5) is 17.5. The van der Waals surface area contributed by atoms with E-state index in [1.54, 1.807) is 0 Å². The molecule has 2 heterocycles. The van der Waals surface area contributed by atoms with Crippen molar-refractivity contribution in [3.05, 3.63) is 24.0 Å². The van der Waals surface area contributed by atoms with Gasteiger partial charge < -0.3 is 10.3 Å². The molecule has 1 amide bonds. The van der Waals surface area contributed by atoms with Crippen LogP contribution in [-0.2, 0) is 0 Å². The number of likely N-dealkylation sites (tertiary alicyclic amines) is 1. The number of alkyl halides is 3. The fourth-order valence-corrected chi connectivity index (χ4v) is 2.28. The predicted molar refractivity (Wildman–Crippen MR) is 66.7 cm³/mol. The Morgan fingerprint density at radius 1 is 1.40 bits per heavy atom. The van der Waals surface area contributed by atoms with E-state index in [1.165, 1.54) is 23.4 Å².